The molecule has 2 aromatic heterocycles. The second kappa shape index (κ2) is 12.2. The predicted octanol–water partition coefficient (Wildman–Crippen LogP) is 5.94. The van der Waals surface area contributed by atoms with E-state index >= 15 is 0 Å². The number of hydrogen-bond acceptors (Lipinski definition) is 6. The molecule has 1 aliphatic rings. The summed E-state index contributed by atoms with van der Waals surface area (Å²) in [6, 6.07) is 13.3. The minimum atomic E-state index is -0.299. The van der Waals surface area contributed by atoms with E-state index in [1.807, 2.05) is 11.8 Å². The fourth-order valence-corrected chi connectivity index (χ4v) is 5.22. The lowest BCUT2D eigenvalue weighted by Crippen LogP contribution is -2.38. The van der Waals surface area contributed by atoms with Crippen molar-refractivity contribution in [1.82, 2.24) is 24.6 Å². The van der Waals surface area contributed by atoms with Crippen LogP contribution in [-0.4, -0.2) is 63.3 Å². The summed E-state index contributed by atoms with van der Waals surface area (Å²) < 4.78 is 21.1. The smallest absolute Gasteiger partial charge is 0.260 e. The van der Waals surface area contributed by atoms with Crippen molar-refractivity contribution in [3.8, 4) is 11.4 Å². The van der Waals surface area contributed by atoms with Crippen LogP contribution in [0.1, 0.15) is 50.5 Å². The van der Waals surface area contributed by atoms with Crippen LogP contribution in [-0.2, 0) is 4.79 Å². The summed E-state index contributed by atoms with van der Waals surface area (Å²) in [5.41, 5.74) is 2.25. The van der Waals surface area contributed by atoms with E-state index in [1.165, 1.54) is 12.1 Å². The molecule has 4 aromatic rings. The van der Waals surface area contributed by atoms with E-state index in [0.717, 1.165) is 54.2 Å². The van der Waals surface area contributed by atoms with Gasteiger partial charge in [-0.15, -0.1) is 0 Å². The standard InChI is InChI=1S/C30H34ClFN6O2/c1-4-6-20(2)28-33-29(27-21(3)35-38(30(27)34-28)24-11-9-23(32)10-12-24)37-16-5-15-36(17-18-37)26(39)19-40-25-13-7-22(31)8-14-25/h7-14,20H,4-6,15-19H2,1-3H3/t20-/m1/s1. The molecule has 3 heterocycles. The van der Waals surface area contributed by atoms with Gasteiger partial charge in [-0.05, 0) is 68.3 Å². The first-order chi connectivity index (χ1) is 19.3. The number of nitrogens with zero attached hydrogens (tertiary/aromatic N) is 6. The second-order valence-electron chi connectivity index (χ2n) is 10.2. The zero-order valence-corrected chi connectivity index (χ0v) is 23.9. The van der Waals surface area contributed by atoms with Crippen molar-refractivity contribution in [1.29, 1.82) is 0 Å². The molecule has 1 atom stereocenters. The number of ether oxygens (including phenoxy) is 1. The van der Waals surface area contributed by atoms with Crippen molar-refractivity contribution in [3.05, 3.63) is 70.9 Å². The molecular formula is C30H34ClFN6O2. The molecule has 1 aliphatic heterocycles. The van der Waals surface area contributed by atoms with E-state index in [1.54, 1.807) is 41.1 Å². The molecule has 210 valence electrons. The molecule has 8 nitrogen and oxygen atoms in total. The van der Waals surface area contributed by atoms with Crippen LogP contribution in [0.2, 0.25) is 5.02 Å². The second-order valence-corrected chi connectivity index (χ2v) is 10.7. The number of anilines is 1. The Labute approximate surface area is 238 Å². The zero-order valence-electron chi connectivity index (χ0n) is 23.1. The minimum absolute atomic E-state index is 0.0262. The van der Waals surface area contributed by atoms with Gasteiger partial charge >= 0.3 is 0 Å². The van der Waals surface area contributed by atoms with E-state index in [2.05, 4.69) is 18.7 Å². The van der Waals surface area contributed by atoms with Crippen LogP contribution in [0.15, 0.2) is 48.5 Å². The summed E-state index contributed by atoms with van der Waals surface area (Å²) in [6.45, 7) is 8.79. The molecule has 1 saturated heterocycles. The van der Waals surface area contributed by atoms with Gasteiger partial charge in [0.1, 0.15) is 23.2 Å². The molecule has 0 unspecified atom stereocenters. The molecule has 0 saturated carbocycles. The van der Waals surface area contributed by atoms with Crippen LogP contribution < -0.4 is 9.64 Å². The summed E-state index contributed by atoms with van der Waals surface area (Å²) in [4.78, 5) is 27.1. The normalized spacial score (nSPS) is 14.8. The van der Waals surface area contributed by atoms with E-state index in [0.29, 0.717) is 36.1 Å². The number of fused-ring (bicyclic) bond motifs is 1. The highest BCUT2D eigenvalue weighted by Gasteiger charge is 2.26. The van der Waals surface area contributed by atoms with E-state index < -0.39 is 0 Å². The molecule has 10 heteroatoms. The fourth-order valence-electron chi connectivity index (χ4n) is 5.10. The number of hydrogen-bond donors (Lipinski definition) is 0. The molecule has 5 rings (SSSR count). The van der Waals surface area contributed by atoms with Crippen molar-refractivity contribution in [2.45, 2.75) is 46.0 Å². The van der Waals surface area contributed by atoms with Gasteiger partial charge in [0.05, 0.1) is 16.8 Å². The van der Waals surface area contributed by atoms with Gasteiger partial charge in [-0.1, -0.05) is 31.9 Å². The van der Waals surface area contributed by atoms with Crippen LogP contribution in [0.5, 0.6) is 5.75 Å². The molecule has 0 radical (unpaired) electrons. The van der Waals surface area contributed by atoms with Gasteiger partial charge in [-0.2, -0.15) is 5.10 Å². The number of carbonyl (C=O) groups excluding carboxylic acids is 1. The first-order valence-corrected chi connectivity index (χ1v) is 14.2. The van der Waals surface area contributed by atoms with Crippen molar-refractivity contribution in [3.63, 3.8) is 0 Å². The Bertz CT molecular complexity index is 1470. The molecule has 2 aromatic carbocycles. The highest BCUT2D eigenvalue weighted by Crippen LogP contribution is 2.32. The summed E-state index contributed by atoms with van der Waals surface area (Å²) in [6.07, 6.45) is 2.78. The quantitative estimate of drug-likeness (QED) is 0.264. The Kier molecular flexibility index (Phi) is 8.49. The van der Waals surface area contributed by atoms with E-state index in [9.17, 15) is 9.18 Å². The lowest BCUT2D eigenvalue weighted by molar-refractivity contribution is -0.133. The van der Waals surface area contributed by atoms with Gasteiger partial charge in [-0.25, -0.2) is 19.0 Å². The molecular weight excluding hydrogens is 531 g/mol. The van der Waals surface area contributed by atoms with Gasteiger partial charge in [0.2, 0.25) is 0 Å². The van der Waals surface area contributed by atoms with Crippen molar-refractivity contribution >= 4 is 34.4 Å². The predicted molar refractivity (Wildman–Crippen MR) is 155 cm³/mol. The summed E-state index contributed by atoms with van der Waals surface area (Å²) in [7, 11) is 0. The minimum Gasteiger partial charge on any atom is -0.484 e. The van der Waals surface area contributed by atoms with Gasteiger partial charge in [-0.3, -0.25) is 4.79 Å². The lowest BCUT2D eigenvalue weighted by atomic mass is 10.1. The Morgan fingerprint density at radius 2 is 1.80 bits per heavy atom. The first kappa shape index (κ1) is 27.8. The maximum absolute atomic E-state index is 13.7. The Hall–Kier alpha value is -3.72. The number of benzene rings is 2. The highest BCUT2D eigenvalue weighted by atomic mass is 35.5. The van der Waals surface area contributed by atoms with Crippen LogP contribution in [0.25, 0.3) is 16.7 Å². The van der Waals surface area contributed by atoms with Crippen molar-refractivity contribution in [2.24, 2.45) is 0 Å². The summed E-state index contributed by atoms with van der Waals surface area (Å²) in [5.74, 6) is 2.02. The topological polar surface area (TPSA) is 76.4 Å². The maximum Gasteiger partial charge on any atom is 0.260 e. The van der Waals surface area contributed by atoms with Crippen LogP contribution in [0, 0.1) is 12.7 Å². The maximum atomic E-state index is 13.7. The number of carbonyl (C=O) groups is 1. The Morgan fingerprint density at radius 1 is 1.05 bits per heavy atom. The van der Waals surface area contributed by atoms with Gasteiger partial charge in [0.25, 0.3) is 5.91 Å². The van der Waals surface area contributed by atoms with Gasteiger partial charge < -0.3 is 14.5 Å². The Morgan fingerprint density at radius 3 is 2.52 bits per heavy atom. The molecule has 0 N–H and O–H groups in total. The van der Waals surface area contributed by atoms with Gasteiger partial charge in [0.15, 0.2) is 12.3 Å². The lowest BCUT2D eigenvalue weighted by Gasteiger charge is -2.24. The fraction of sp³-hybridized carbons (Fsp3) is 0.400. The number of halogens is 2. The zero-order chi connectivity index (χ0) is 28.2. The van der Waals surface area contributed by atoms with Crippen LogP contribution >= 0.6 is 11.6 Å². The van der Waals surface area contributed by atoms with Crippen molar-refractivity contribution < 1.29 is 13.9 Å². The first-order valence-electron chi connectivity index (χ1n) is 13.8. The molecule has 1 fully saturated rings. The third-order valence-corrected chi connectivity index (χ3v) is 7.51. The van der Waals surface area contributed by atoms with Crippen molar-refractivity contribution in [2.75, 3.05) is 37.7 Å². The average Bonchev–Trinajstić information content (AvgIpc) is 3.11. The molecule has 0 bridgehead atoms. The van der Waals surface area contributed by atoms with Gasteiger partial charge in [0, 0.05) is 37.1 Å². The third kappa shape index (κ3) is 6.04. The largest absolute Gasteiger partial charge is 0.484 e. The molecule has 1 amide bonds. The number of aromatic nitrogens is 4. The summed E-state index contributed by atoms with van der Waals surface area (Å²) >= 11 is 5.94. The third-order valence-electron chi connectivity index (χ3n) is 7.26. The number of rotatable bonds is 8. The van der Waals surface area contributed by atoms with E-state index in [-0.39, 0.29) is 24.2 Å². The van der Waals surface area contributed by atoms with Crippen LogP contribution in [0.3, 0.4) is 0 Å². The SMILES string of the molecule is CCC[C@@H](C)c1nc(N2CCCN(C(=O)COc3ccc(Cl)cc3)CC2)c2c(C)nn(-c3ccc(F)cc3)c2n1. The van der Waals surface area contributed by atoms with Crippen LogP contribution in [0.4, 0.5) is 10.2 Å². The molecule has 0 spiro atoms. The number of amides is 1. The molecule has 0 aliphatic carbocycles. The highest BCUT2D eigenvalue weighted by molar-refractivity contribution is 6.30. The average molecular weight is 565 g/mol. The number of aryl methyl sites for hydroxylation is 1. The van der Waals surface area contributed by atoms with E-state index in [4.69, 9.17) is 31.4 Å². The molecule has 40 heavy (non-hydrogen) atoms. The monoisotopic (exact) mass is 564 g/mol. The Balaban J connectivity index is 1.42. The summed E-state index contributed by atoms with van der Waals surface area (Å²) in [5, 5.41) is 6.29.